The molecule has 7 nitrogen and oxygen atoms in total. The van der Waals surface area contributed by atoms with Gasteiger partial charge in [-0.1, -0.05) is 11.8 Å². The van der Waals surface area contributed by atoms with E-state index in [1.165, 1.54) is 0 Å². The molecule has 2 aromatic heterocycles. The van der Waals surface area contributed by atoms with Crippen LogP contribution in [0, 0.1) is 6.92 Å². The van der Waals surface area contributed by atoms with Gasteiger partial charge in [0.1, 0.15) is 23.7 Å². The number of thioether (sulfide) groups is 1. The van der Waals surface area contributed by atoms with Gasteiger partial charge in [-0.25, -0.2) is 4.98 Å². The van der Waals surface area contributed by atoms with Crippen molar-refractivity contribution in [3.63, 3.8) is 0 Å². The number of ether oxygens (including phenoxy) is 1. The lowest BCUT2D eigenvalue weighted by atomic mass is 10.2. The normalized spacial score (nSPS) is 10.7. The topological polar surface area (TPSA) is 81.9 Å². The molecule has 3 aromatic rings. The number of carbonyl (C=O) groups excluding carboxylic acids is 1. The van der Waals surface area contributed by atoms with E-state index >= 15 is 0 Å². The number of hydrogen-bond acceptors (Lipinski definition) is 7. The van der Waals surface area contributed by atoms with Gasteiger partial charge in [0, 0.05) is 36.0 Å². The van der Waals surface area contributed by atoms with E-state index < -0.39 is 0 Å². The highest BCUT2D eigenvalue weighted by Crippen LogP contribution is 2.16. The molecule has 0 aliphatic rings. The van der Waals surface area contributed by atoms with E-state index in [2.05, 4.69) is 20.5 Å². The fraction of sp³-hybridized carbons (Fsp3) is 0.294. The molecule has 2 heterocycles. The molecule has 0 bridgehead atoms. The number of nitrogens with zero attached hydrogens (tertiary/aromatic N) is 4. The second-order valence-corrected chi connectivity index (χ2v) is 7.53. The van der Waals surface area contributed by atoms with Crippen LogP contribution < -0.4 is 10.1 Å². The van der Waals surface area contributed by atoms with Crippen LogP contribution in [-0.4, -0.2) is 38.0 Å². The number of rotatable bonds is 8. The second kappa shape index (κ2) is 8.81. The zero-order valence-corrected chi connectivity index (χ0v) is 16.1. The summed E-state index contributed by atoms with van der Waals surface area (Å²) in [6.45, 7) is 2.94. The standard InChI is InChI=1S/C17H19N5O2S2/c1-12-10-26-15(20-12)9-24-14-5-3-13(4-6-14)16(23)18-7-8-25-17-21-19-11-22(17)2/h3-6,10-11H,7-9H2,1-2H3,(H,18,23). The third kappa shape index (κ3) is 5.06. The minimum atomic E-state index is -0.106. The maximum atomic E-state index is 12.2. The molecule has 26 heavy (non-hydrogen) atoms. The summed E-state index contributed by atoms with van der Waals surface area (Å²) < 4.78 is 7.53. The summed E-state index contributed by atoms with van der Waals surface area (Å²) in [5.74, 6) is 1.34. The summed E-state index contributed by atoms with van der Waals surface area (Å²) in [6.07, 6.45) is 1.65. The number of aromatic nitrogens is 4. The van der Waals surface area contributed by atoms with Gasteiger partial charge in [0.2, 0.25) is 0 Å². The van der Waals surface area contributed by atoms with Gasteiger partial charge in [0.05, 0.1) is 0 Å². The number of benzene rings is 1. The summed E-state index contributed by atoms with van der Waals surface area (Å²) in [5.41, 5.74) is 1.60. The van der Waals surface area contributed by atoms with Crippen molar-refractivity contribution in [1.82, 2.24) is 25.1 Å². The van der Waals surface area contributed by atoms with Gasteiger partial charge in [-0.2, -0.15) is 0 Å². The van der Waals surface area contributed by atoms with E-state index in [0.717, 1.165) is 21.6 Å². The van der Waals surface area contributed by atoms with E-state index in [4.69, 9.17) is 4.74 Å². The van der Waals surface area contributed by atoms with Gasteiger partial charge in [0.15, 0.2) is 5.16 Å². The number of carbonyl (C=O) groups is 1. The van der Waals surface area contributed by atoms with Gasteiger partial charge in [-0.05, 0) is 31.2 Å². The van der Waals surface area contributed by atoms with Crippen LogP contribution in [0.3, 0.4) is 0 Å². The molecule has 9 heteroatoms. The number of amides is 1. The number of nitrogens with one attached hydrogen (secondary N) is 1. The highest BCUT2D eigenvalue weighted by Gasteiger charge is 2.07. The molecule has 1 aromatic carbocycles. The van der Waals surface area contributed by atoms with Crippen molar-refractivity contribution in [2.24, 2.45) is 7.05 Å². The smallest absolute Gasteiger partial charge is 0.251 e. The zero-order valence-electron chi connectivity index (χ0n) is 14.5. The predicted octanol–water partition coefficient (Wildman–Crippen LogP) is 2.68. The number of hydrogen-bond donors (Lipinski definition) is 1. The van der Waals surface area contributed by atoms with Crippen molar-refractivity contribution >= 4 is 29.0 Å². The quantitative estimate of drug-likeness (QED) is 0.471. The van der Waals surface area contributed by atoms with Gasteiger partial charge in [0.25, 0.3) is 5.91 Å². The van der Waals surface area contributed by atoms with Gasteiger partial charge < -0.3 is 14.6 Å². The Bertz CT molecular complexity index is 860. The van der Waals surface area contributed by atoms with Crippen LogP contribution in [0.5, 0.6) is 5.75 Å². The summed E-state index contributed by atoms with van der Waals surface area (Å²) in [6, 6.07) is 7.11. The van der Waals surface area contributed by atoms with E-state index in [9.17, 15) is 4.79 Å². The highest BCUT2D eigenvalue weighted by atomic mass is 32.2. The van der Waals surface area contributed by atoms with Gasteiger partial charge >= 0.3 is 0 Å². The van der Waals surface area contributed by atoms with Crippen LogP contribution in [0.4, 0.5) is 0 Å². The molecule has 136 valence electrons. The molecule has 0 aliphatic heterocycles. The molecule has 1 N–H and O–H groups in total. The Morgan fingerprint density at radius 1 is 1.35 bits per heavy atom. The fourth-order valence-electron chi connectivity index (χ4n) is 2.13. The third-order valence-corrected chi connectivity index (χ3v) is 5.41. The lowest BCUT2D eigenvalue weighted by Gasteiger charge is -2.07. The van der Waals surface area contributed by atoms with Gasteiger partial charge in [-0.15, -0.1) is 21.5 Å². The van der Waals surface area contributed by atoms with Crippen molar-refractivity contribution in [2.45, 2.75) is 18.7 Å². The van der Waals surface area contributed by atoms with Crippen LogP contribution in [0.1, 0.15) is 21.1 Å². The van der Waals surface area contributed by atoms with Crippen LogP contribution in [-0.2, 0) is 13.7 Å². The fourth-order valence-corrected chi connectivity index (χ4v) is 3.55. The molecule has 1 amide bonds. The molecule has 0 aliphatic carbocycles. The molecule has 0 saturated heterocycles. The second-order valence-electron chi connectivity index (χ2n) is 5.52. The zero-order chi connectivity index (χ0) is 18.4. The van der Waals surface area contributed by atoms with E-state index in [1.54, 1.807) is 53.7 Å². The molecule has 0 atom stereocenters. The Morgan fingerprint density at radius 3 is 2.81 bits per heavy atom. The maximum Gasteiger partial charge on any atom is 0.251 e. The molecule has 3 rings (SSSR count). The van der Waals surface area contributed by atoms with Crippen molar-refractivity contribution in [3.05, 3.63) is 52.2 Å². The minimum Gasteiger partial charge on any atom is -0.486 e. The lowest BCUT2D eigenvalue weighted by Crippen LogP contribution is -2.25. The molecule has 0 saturated carbocycles. The molecule has 0 fully saturated rings. The molecule has 0 spiro atoms. The van der Waals surface area contributed by atoms with Crippen molar-refractivity contribution < 1.29 is 9.53 Å². The molecular weight excluding hydrogens is 370 g/mol. The van der Waals surface area contributed by atoms with Crippen molar-refractivity contribution in [2.75, 3.05) is 12.3 Å². The highest BCUT2D eigenvalue weighted by molar-refractivity contribution is 7.99. The van der Waals surface area contributed by atoms with Crippen LogP contribution >= 0.6 is 23.1 Å². The van der Waals surface area contributed by atoms with Crippen LogP contribution in [0.2, 0.25) is 0 Å². The van der Waals surface area contributed by atoms with Crippen LogP contribution in [0.25, 0.3) is 0 Å². The lowest BCUT2D eigenvalue weighted by molar-refractivity contribution is 0.0956. The first-order chi connectivity index (χ1) is 12.6. The van der Waals surface area contributed by atoms with Crippen molar-refractivity contribution in [3.8, 4) is 5.75 Å². The summed E-state index contributed by atoms with van der Waals surface area (Å²) in [7, 11) is 1.89. The molecule has 0 unspecified atom stereocenters. The monoisotopic (exact) mass is 389 g/mol. The van der Waals surface area contributed by atoms with E-state index in [1.807, 2.05) is 23.9 Å². The third-order valence-electron chi connectivity index (χ3n) is 3.43. The predicted molar refractivity (Wildman–Crippen MR) is 102 cm³/mol. The average molecular weight is 390 g/mol. The van der Waals surface area contributed by atoms with Crippen LogP contribution in [0.15, 0.2) is 41.1 Å². The number of thiazole rings is 1. The van der Waals surface area contributed by atoms with E-state index in [0.29, 0.717) is 24.5 Å². The Labute approximate surface area is 159 Å². The maximum absolute atomic E-state index is 12.2. The Hall–Kier alpha value is -2.39. The first-order valence-corrected chi connectivity index (χ1v) is 9.87. The summed E-state index contributed by atoms with van der Waals surface area (Å²) in [5, 5.41) is 14.5. The molecular formula is C17H19N5O2S2. The Balaban J connectivity index is 1.42. The first kappa shape index (κ1) is 18.4. The Kier molecular flexibility index (Phi) is 6.24. The minimum absolute atomic E-state index is 0.106. The van der Waals surface area contributed by atoms with Gasteiger partial charge in [-0.3, -0.25) is 4.79 Å². The largest absolute Gasteiger partial charge is 0.486 e. The molecule has 0 radical (unpaired) electrons. The number of aryl methyl sites for hydroxylation is 2. The Morgan fingerprint density at radius 2 is 2.15 bits per heavy atom. The van der Waals surface area contributed by atoms with E-state index in [-0.39, 0.29) is 5.91 Å². The average Bonchev–Trinajstić information content (AvgIpc) is 3.25. The first-order valence-electron chi connectivity index (χ1n) is 8.00. The summed E-state index contributed by atoms with van der Waals surface area (Å²) >= 11 is 3.12. The van der Waals surface area contributed by atoms with Crippen molar-refractivity contribution in [1.29, 1.82) is 0 Å². The summed E-state index contributed by atoms with van der Waals surface area (Å²) in [4.78, 5) is 16.5. The SMILES string of the molecule is Cc1csc(COc2ccc(C(=O)NCCSc3nncn3C)cc2)n1.